The standard InChI is InChI=1S/C44H52N6O9S/c1-44(2,3)28-24-35(41(58-6)36(25-28)50-60(7,54)55)49-43(53)48-34-19-20-37(32-15-12-11-14-31(32)34)59-30-21-23-45-39(27-30)47-29-17-18-33(38(26-29)56-4)42(52)46-22-13-9-8-10-16-40(51)57-5/h11-12,14-15,17-21,23-27,50H,8-10,13,16,22H2,1-7H3,(H,45,47)(H,46,52)(H2,48,49,53). The van der Waals surface area contributed by atoms with Crippen molar-refractivity contribution in [1.29, 1.82) is 0 Å². The quantitative estimate of drug-likeness (QED) is 0.0417. The number of esters is 1. The molecule has 318 valence electrons. The number of aromatic nitrogens is 1. The summed E-state index contributed by atoms with van der Waals surface area (Å²) < 4.78 is 49.0. The van der Waals surface area contributed by atoms with Crippen molar-refractivity contribution in [1.82, 2.24) is 10.3 Å². The molecule has 5 rings (SSSR count). The van der Waals surface area contributed by atoms with E-state index in [0.717, 1.165) is 42.9 Å². The van der Waals surface area contributed by atoms with E-state index in [2.05, 4.69) is 35.7 Å². The fourth-order valence-corrected chi connectivity index (χ4v) is 6.87. The zero-order valence-corrected chi connectivity index (χ0v) is 35.7. The summed E-state index contributed by atoms with van der Waals surface area (Å²) in [4.78, 5) is 42.1. The topological polar surface area (TPSA) is 195 Å². The number of benzene rings is 4. The van der Waals surface area contributed by atoms with E-state index in [0.29, 0.717) is 58.4 Å². The predicted molar refractivity (Wildman–Crippen MR) is 235 cm³/mol. The molecule has 0 aliphatic heterocycles. The number of nitrogens with zero attached hydrogens (tertiary/aromatic N) is 1. The lowest BCUT2D eigenvalue weighted by molar-refractivity contribution is -0.140. The Bertz CT molecular complexity index is 2450. The Hall–Kier alpha value is -6.55. The van der Waals surface area contributed by atoms with Crippen LogP contribution in [0.25, 0.3) is 10.8 Å². The average Bonchev–Trinajstić information content (AvgIpc) is 3.20. The number of urea groups is 1. The molecule has 0 fully saturated rings. The number of fused-ring (bicyclic) bond motifs is 1. The van der Waals surface area contributed by atoms with Crippen molar-refractivity contribution in [3.63, 3.8) is 0 Å². The van der Waals surface area contributed by atoms with Crippen LogP contribution < -0.4 is 40.2 Å². The van der Waals surface area contributed by atoms with Gasteiger partial charge in [-0.2, -0.15) is 0 Å². The highest BCUT2D eigenvalue weighted by atomic mass is 32.2. The van der Waals surface area contributed by atoms with Crippen LogP contribution in [-0.4, -0.2) is 65.4 Å². The van der Waals surface area contributed by atoms with Gasteiger partial charge in [-0.3, -0.25) is 14.3 Å². The average molecular weight is 841 g/mol. The van der Waals surface area contributed by atoms with Crippen LogP contribution in [0.3, 0.4) is 0 Å². The van der Waals surface area contributed by atoms with Gasteiger partial charge < -0.3 is 40.2 Å². The smallest absolute Gasteiger partial charge is 0.323 e. The van der Waals surface area contributed by atoms with Crippen LogP contribution in [0.15, 0.2) is 85.1 Å². The Morgan fingerprint density at radius 2 is 1.47 bits per heavy atom. The van der Waals surface area contributed by atoms with E-state index in [1.807, 2.05) is 45.0 Å². The molecule has 0 aliphatic rings. The van der Waals surface area contributed by atoms with Crippen molar-refractivity contribution in [3.8, 4) is 23.0 Å². The number of nitrogens with one attached hydrogen (secondary N) is 5. The largest absolute Gasteiger partial charge is 0.496 e. The number of ether oxygens (including phenoxy) is 4. The number of pyridine rings is 1. The fraction of sp³-hybridized carbons (Fsp3) is 0.318. The molecule has 0 saturated carbocycles. The third-order valence-corrected chi connectivity index (χ3v) is 9.92. The first-order valence-corrected chi connectivity index (χ1v) is 21.2. The second kappa shape index (κ2) is 19.9. The minimum Gasteiger partial charge on any atom is -0.496 e. The molecule has 0 atom stereocenters. The van der Waals surface area contributed by atoms with E-state index in [9.17, 15) is 22.8 Å². The predicted octanol–water partition coefficient (Wildman–Crippen LogP) is 8.95. The van der Waals surface area contributed by atoms with Crippen molar-refractivity contribution >= 4 is 67.3 Å². The van der Waals surface area contributed by atoms with Gasteiger partial charge in [0, 0.05) is 47.8 Å². The molecule has 16 heteroatoms. The third-order valence-electron chi connectivity index (χ3n) is 9.33. The molecule has 5 aromatic rings. The first kappa shape index (κ1) is 44.6. The van der Waals surface area contributed by atoms with Crippen LogP contribution >= 0.6 is 0 Å². The third kappa shape index (κ3) is 12.2. The van der Waals surface area contributed by atoms with Crippen LogP contribution in [0.4, 0.5) is 33.4 Å². The van der Waals surface area contributed by atoms with E-state index < -0.39 is 16.1 Å². The maximum Gasteiger partial charge on any atom is 0.323 e. The molecule has 0 unspecified atom stereocenters. The number of hydrogen-bond donors (Lipinski definition) is 5. The SMILES string of the molecule is COC(=O)CCCCCCNC(=O)c1ccc(Nc2cc(Oc3ccc(NC(=O)Nc4cc(C(C)(C)C)cc(NS(C)(=O)=O)c4OC)c4ccccc34)ccn2)cc1OC. The summed E-state index contributed by atoms with van der Waals surface area (Å²) in [5.41, 5.74) is 2.43. The van der Waals surface area contributed by atoms with Gasteiger partial charge in [-0.1, -0.05) is 57.9 Å². The Kier molecular flexibility index (Phi) is 14.8. The van der Waals surface area contributed by atoms with E-state index in [-0.39, 0.29) is 34.4 Å². The van der Waals surface area contributed by atoms with Gasteiger partial charge in [-0.05, 0) is 66.3 Å². The van der Waals surface area contributed by atoms with Crippen LogP contribution in [0.2, 0.25) is 0 Å². The van der Waals surface area contributed by atoms with Crippen molar-refractivity contribution in [2.75, 3.05) is 54.8 Å². The summed E-state index contributed by atoms with van der Waals surface area (Å²) in [5.74, 6) is 1.60. The fourth-order valence-electron chi connectivity index (χ4n) is 6.32. The number of anilines is 5. The molecule has 60 heavy (non-hydrogen) atoms. The number of amides is 3. The van der Waals surface area contributed by atoms with Crippen molar-refractivity contribution in [3.05, 3.63) is 96.2 Å². The Morgan fingerprint density at radius 3 is 2.17 bits per heavy atom. The van der Waals surface area contributed by atoms with E-state index in [1.165, 1.54) is 21.3 Å². The number of sulfonamides is 1. The molecule has 0 spiro atoms. The lowest BCUT2D eigenvalue weighted by Gasteiger charge is -2.24. The molecule has 3 amide bonds. The maximum atomic E-state index is 13.5. The molecular formula is C44H52N6O9S. The lowest BCUT2D eigenvalue weighted by atomic mass is 9.86. The molecule has 0 aliphatic carbocycles. The molecule has 0 radical (unpaired) electrons. The van der Waals surface area contributed by atoms with Gasteiger partial charge in [0.05, 0.1) is 50.2 Å². The van der Waals surface area contributed by atoms with Crippen molar-refractivity contribution in [2.24, 2.45) is 0 Å². The van der Waals surface area contributed by atoms with Gasteiger partial charge in [0.25, 0.3) is 5.91 Å². The minimum absolute atomic E-state index is 0.163. The summed E-state index contributed by atoms with van der Waals surface area (Å²) in [6, 6.07) is 22.4. The van der Waals surface area contributed by atoms with Crippen molar-refractivity contribution in [2.45, 2.75) is 58.3 Å². The van der Waals surface area contributed by atoms with Gasteiger partial charge in [-0.15, -0.1) is 0 Å². The number of carbonyl (C=O) groups excluding carboxylic acids is 3. The van der Waals surface area contributed by atoms with Gasteiger partial charge >= 0.3 is 12.0 Å². The van der Waals surface area contributed by atoms with Crippen LogP contribution in [0.1, 0.15) is 68.8 Å². The summed E-state index contributed by atoms with van der Waals surface area (Å²) in [6.45, 7) is 6.43. The Labute approximate surface area is 350 Å². The first-order chi connectivity index (χ1) is 28.6. The summed E-state index contributed by atoms with van der Waals surface area (Å²) in [7, 11) is 0.632. The van der Waals surface area contributed by atoms with Gasteiger partial charge in [0.15, 0.2) is 5.75 Å². The molecule has 15 nitrogen and oxygen atoms in total. The normalized spacial score (nSPS) is 11.3. The Balaban J connectivity index is 1.26. The van der Waals surface area contributed by atoms with Gasteiger partial charge in [-0.25, -0.2) is 18.2 Å². The Morgan fingerprint density at radius 1 is 0.750 bits per heavy atom. The number of carbonyl (C=O) groups is 3. The van der Waals surface area contributed by atoms with Crippen molar-refractivity contribution < 1.29 is 41.7 Å². The molecule has 5 N–H and O–H groups in total. The molecule has 4 aromatic carbocycles. The zero-order chi connectivity index (χ0) is 43.5. The molecule has 1 heterocycles. The highest BCUT2D eigenvalue weighted by molar-refractivity contribution is 7.92. The maximum absolute atomic E-state index is 13.5. The summed E-state index contributed by atoms with van der Waals surface area (Å²) in [5, 5.41) is 13.4. The first-order valence-electron chi connectivity index (χ1n) is 19.3. The zero-order valence-electron chi connectivity index (χ0n) is 34.9. The number of methoxy groups -OCH3 is 3. The summed E-state index contributed by atoms with van der Waals surface area (Å²) >= 11 is 0. The molecular weight excluding hydrogens is 789 g/mol. The van der Waals surface area contributed by atoms with E-state index in [1.54, 1.807) is 60.8 Å². The highest BCUT2D eigenvalue weighted by Gasteiger charge is 2.23. The van der Waals surface area contributed by atoms with Gasteiger partial charge in [0.2, 0.25) is 10.0 Å². The number of rotatable bonds is 18. The summed E-state index contributed by atoms with van der Waals surface area (Å²) in [6.07, 6.45) is 6.34. The van der Waals surface area contributed by atoms with Gasteiger partial charge in [0.1, 0.15) is 23.1 Å². The molecule has 1 aromatic heterocycles. The van der Waals surface area contributed by atoms with E-state index in [4.69, 9.17) is 14.2 Å². The molecule has 0 saturated heterocycles. The second-order valence-corrected chi connectivity index (χ2v) is 16.7. The number of hydrogen-bond acceptors (Lipinski definition) is 11. The highest BCUT2D eigenvalue weighted by Crippen LogP contribution is 2.40. The monoisotopic (exact) mass is 840 g/mol. The lowest BCUT2D eigenvalue weighted by Crippen LogP contribution is -2.25. The molecule has 0 bridgehead atoms. The number of unbranched alkanes of at least 4 members (excludes halogenated alkanes) is 3. The van der Waals surface area contributed by atoms with Crippen LogP contribution in [0.5, 0.6) is 23.0 Å². The second-order valence-electron chi connectivity index (χ2n) is 15.0. The van der Waals surface area contributed by atoms with Crippen LogP contribution in [-0.2, 0) is 25.0 Å². The van der Waals surface area contributed by atoms with E-state index >= 15 is 0 Å². The van der Waals surface area contributed by atoms with Crippen LogP contribution in [0, 0.1) is 0 Å². The minimum atomic E-state index is -3.65.